The number of rotatable bonds is 10. The van der Waals surface area contributed by atoms with Crippen molar-refractivity contribution >= 4 is 40.2 Å². The van der Waals surface area contributed by atoms with Crippen LogP contribution in [0.25, 0.3) is 22.3 Å². The third-order valence-electron chi connectivity index (χ3n) is 8.32. The maximum atomic E-state index is 13.2. The first-order valence-corrected chi connectivity index (χ1v) is 14.9. The molecule has 0 atom stereocenters. The molecule has 9 nitrogen and oxygen atoms in total. The fourth-order valence-corrected chi connectivity index (χ4v) is 5.61. The summed E-state index contributed by atoms with van der Waals surface area (Å²) in [5.74, 6) is -0.499. The van der Waals surface area contributed by atoms with Gasteiger partial charge < -0.3 is 16.0 Å². The molecule has 2 heterocycles. The van der Waals surface area contributed by atoms with Crippen molar-refractivity contribution in [1.82, 2.24) is 19.7 Å². The molecule has 4 aromatic rings. The van der Waals surface area contributed by atoms with Crippen LogP contribution in [0.5, 0.6) is 0 Å². The van der Waals surface area contributed by atoms with Gasteiger partial charge in [0.05, 0.1) is 11.4 Å². The number of aromatic nitrogens is 4. The second-order valence-corrected chi connectivity index (χ2v) is 11.4. The van der Waals surface area contributed by atoms with Crippen molar-refractivity contribution in [3.63, 3.8) is 0 Å². The largest absolute Gasteiger partial charge is 0.354 e. The minimum atomic E-state index is -1.12. The number of hydrogen-bond acceptors (Lipinski definition) is 6. The number of nitrogens with one attached hydrogen (secondary N) is 3. The Bertz CT molecular complexity index is 1570. The first kappa shape index (κ1) is 27.8. The van der Waals surface area contributed by atoms with E-state index in [1.807, 2.05) is 30.5 Å². The number of benzene rings is 2. The minimum absolute atomic E-state index is 0.308. The van der Waals surface area contributed by atoms with Gasteiger partial charge in [-0.05, 0) is 68.5 Å². The van der Waals surface area contributed by atoms with Gasteiger partial charge in [-0.1, -0.05) is 44.7 Å². The monoisotopic (exact) mass is 569 g/mol. The fraction of sp³-hybridized carbons (Fsp3) is 0.406. The van der Waals surface area contributed by atoms with E-state index in [1.54, 1.807) is 0 Å². The summed E-state index contributed by atoms with van der Waals surface area (Å²) in [6.45, 7) is 2.98. The second-order valence-electron chi connectivity index (χ2n) is 11.4. The number of carbonyl (C=O) groups is 2. The van der Waals surface area contributed by atoms with Crippen LogP contribution >= 0.6 is 0 Å². The van der Waals surface area contributed by atoms with Crippen LogP contribution in [-0.2, 0) is 9.59 Å². The van der Waals surface area contributed by atoms with E-state index in [0.717, 1.165) is 54.5 Å². The Morgan fingerprint density at radius 3 is 2.21 bits per heavy atom. The van der Waals surface area contributed by atoms with E-state index in [9.17, 15) is 14.0 Å². The van der Waals surface area contributed by atoms with Gasteiger partial charge in [0.25, 0.3) is 0 Å². The third kappa shape index (κ3) is 5.70. The number of nitrogens with zero attached hydrogens (tertiary/aromatic N) is 4. The lowest BCUT2D eigenvalue weighted by Gasteiger charge is -2.22. The van der Waals surface area contributed by atoms with Crippen LogP contribution in [0.15, 0.2) is 54.7 Å². The SMILES string of the molecule is CCCCNc1ncc2c(-c3ccc(NC(=O)C4(C(=O)Nc5ccc(F)cc5)CC4)cc3)nn(C3CCCCC3)c2n1. The predicted octanol–water partition coefficient (Wildman–Crippen LogP) is 6.71. The zero-order chi connectivity index (χ0) is 29.1. The average Bonchev–Trinajstić information content (AvgIpc) is 3.75. The van der Waals surface area contributed by atoms with Gasteiger partial charge in [0.15, 0.2) is 5.65 Å². The summed E-state index contributed by atoms with van der Waals surface area (Å²) >= 11 is 0. The normalized spacial score (nSPS) is 16.2. The summed E-state index contributed by atoms with van der Waals surface area (Å²) in [7, 11) is 0. The van der Waals surface area contributed by atoms with E-state index in [0.29, 0.717) is 36.2 Å². The molecule has 10 heteroatoms. The first-order chi connectivity index (χ1) is 20.5. The molecule has 0 bridgehead atoms. The number of halogens is 1. The molecule has 218 valence electrons. The lowest BCUT2D eigenvalue weighted by molar-refractivity contribution is -0.131. The Morgan fingerprint density at radius 1 is 0.952 bits per heavy atom. The molecule has 0 saturated heterocycles. The fourth-order valence-electron chi connectivity index (χ4n) is 5.61. The Kier molecular flexibility index (Phi) is 7.86. The van der Waals surface area contributed by atoms with Crippen LogP contribution in [0.2, 0.25) is 0 Å². The van der Waals surface area contributed by atoms with Gasteiger partial charge >= 0.3 is 0 Å². The van der Waals surface area contributed by atoms with Crippen molar-refractivity contribution in [2.75, 3.05) is 22.5 Å². The van der Waals surface area contributed by atoms with Crippen molar-refractivity contribution in [2.45, 2.75) is 70.8 Å². The molecule has 2 aliphatic rings. The molecule has 2 aromatic carbocycles. The van der Waals surface area contributed by atoms with Crippen molar-refractivity contribution in [1.29, 1.82) is 0 Å². The van der Waals surface area contributed by atoms with Crippen LogP contribution < -0.4 is 16.0 Å². The lowest BCUT2D eigenvalue weighted by atomic mass is 9.96. The van der Waals surface area contributed by atoms with Gasteiger partial charge in [-0.25, -0.2) is 14.1 Å². The molecule has 2 aliphatic carbocycles. The van der Waals surface area contributed by atoms with E-state index in [4.69, 9.17) is 10.1 Å². The summed E-state index contributed by atoms with van der Waals surface area (Å²) in [6, 6.07) is 13.3. The quantitative estimate of drug-likeness (QED) is 0.145. The molecule has 3 N–H and O–H groups in total. The standard InChI is InChI=1S/C32H36FN7O2/c1-2-3-19-34-31-35-20-26-27(39-40(28(26)38-31)25-7-5-4-6-8-25)21-9-13-23(14-10-21)36-29(41)32(17-18-32)30(42)37-24-15-11-22(33)12-16-24/h9-16,20,25H,2-8,17-19H2,1H3,(H,36,41)(H,37,42)(H,34,35,38). The number of hydrogen-bond donors (Lipinski definition) is 3. The van der Waals surface area contributed by atoms with E-state index >= 15 is 0 Å². The first-order valence-electron chi connectivity index (χ1n) is 14.9. The Balaban J connectivity index is 1.20. The summed E-state index contributed by atoms with van der Waals surface area (Å²) in [5.41, 5.74) is 2.48. The molecular formula is C32H36FN7O2. The molecule has 0 radical (unpaired) electrons. The molecule has 2 fully saturated rings. The van der Waals surface area contributed by atoms with Gasteiger partial charge in [-0.15, -0.1) is 0 Å². The average molecular weight is 570 g/mol. The van der Waals surface area contributed by atoms with Crippen molar-refractivity contribution < 1.29 is 14.0 Å². The Labute approximate surface area is 244 Å². The summed E-state index contributed by atoms with van der Waals surface area (Å²) in [6.07, 6.45) is 10.7. The summed E-state index contributed by atoms with van der Waals surface area (Å²) < 4.78 is 15.3. The van der Waals surface area contributed by atoms with Crippen molar-refractivity contribution in [3.05, 3.63) is 60.5 Å². The third-order valence-corrected chi connectivity index (χ3v) is 8.32. The molecule has 6 rings (SSSR count). The van der Waals surface area contributed by atoms with Gasteiger partial charge in [0.2, 0.25) is 17.8 Å². The van der Waals surface area contributed by atoms with Crippen LogP contribution in [0, 0.1) is 11.2 Å². The molecule has 2 saturated carbocycles. The van der Waals surface area contributed by atoms with Crippen molar-refractivity contribution in [3.8, 4) is 11.3 Å². The highest BCUT2D eigenvalue weighted by Crippen LogP contribution is 2.47. The number of carbonyl (C=O) groups excluding carboxylic acids is 2. The topological polar surface area (TPSA) is 114 Å². The molecule has 0 unspecified atom stereocenters. The minimum Gasteiger partial charge on any atom is -0.354 e. The zero-order valence-corrected chi connectivity index (χ0v) is 23.8. The maximum absolute atomic E-state index is 13.2. The van der Waals surface area contributed by atoms with Crippen LogP contribution in [0.4, 0.5) is 21.7 Å². The smallest absolute Gasteiger partial charge is 0.240 e. The van der Waals surface area contributed by atoms with E-state index < -0.39 is 5.41 Å². The van der Waals surface area contributed by atoms with Crippen LogP contribution in [0.1, 0.15) is 70.8 Å². The van der Waals surface area contributed by atoms with Gasteiger partial charge in [0.1, 0.15) is 16.9 Å². The summed E-state index contributed by atoms with van der Waals surface area (Å²) in [5, 5.41) is 14.9. The highest BCUT2D eigenvalue weighted by molar-refractivity contribution is 6.17. The molecule has 2 amide bonds. The summed E-state index contributed by atoms with van der Waals surface area (Å²) in [4.78, 5) is 35.5. The lowest BCUT2D eigenvalue weighted by Crippen LogP contribution is -2.35. The van der Waals surface area contributed by atoms with E-state index in [-0.39, 0.29) is 17.6 Å². The van der Waals surface area contributed by atoms with Crippen molar-refractivity contribution in [2.24, 2.45) is 5.41 Å². The van der Waals surface area contributed by atoms with E-state index in [1.165, 1.54) is 43.5 Å². The second kappa shape index (κ2) is 11.9. The highest BCUT2D eigenvalue weighted by atomic mass is 19.1. The van der Waals surface area contributed by atoms with Crippen LogP contribution in [-0.4, -0.2) is 38.1 Å². The van der Waals surface area contributed by atoms with Gasteiger partial charge in [-0.3, -0.25) is 9.59 Å². The molecule has 0 spiro atoms. The van der Waals surface area contributed by atoms with Gasteiger partial charge in [0, 0.05) is 29.7 Å². The molecular weight excluding hydrogens is 533 g/mol. The zero-order valence-electron chi connectivity index (χ0n) is 23.8. The van der Waals surface area contributed by atoms with Crippen LogP contribution in [0.3, 0.4) is 0 Å². The van der Waals surface area contributed by atoms with E-state index in [2.05, 4.69) is 32.5 Å². The molecule has 42 heavy (non-hydrogen) atoms. The molecule has 0 aliphatic heterocycles. The predicted molar refractivity (Wildman–Crippen MR) is 162 cm³/mol. The van der Waals surface area contributed by atoms with Gasteiger partial charge in [-0.2, -0.15) is 10.1 Å². The number of fused-ring (bicyclic) bond motifs is 1. The Hall–Kier alpha value is -4.34. The molecule has 2 aromatic heterocycles. The number of unbranched alkanes of at least 4 members (excludes halogenated alkanes) is 1. The number of amides is 2. The maximum Gasteiger partial charge on any atom is 0.240 e. The highest BCUT2D eigenvalue weighted by Gasteiger charge is 2.56. The Morgan fingerprint density at radius 2 is 1.60 bits per heavy atom. The number of anilines is 3.